The monoisotopic (exact) mass is 301 g/mol. The Bertz CT molecular complexity index is 408. The van der Waals surface area contributed by atoms with Crippen molar-refractivity contribution in [1.82, 2.24) is 5.32 Å². The van der Waals surface area contributed by atoms with E-state index in [0.29, 0.717) is 16.9 Å². The van der Waals surface area contributed by atoms with Gasteiger partial charge in [0.05, 0.1) is 11.1 Å². The maximum Gasteiger partial charge on any atom is 0.137 e. The molecule has 0 amide bonds. The minimum absolute atomic E-state index is 0.139. The van der Waals surface area contributed by atoms with E-state index in [0.717, 1.165) is 5.56 Å². The third-order valence-electron chi connectivity index (χ3n) is 3.49. The summed E-state index contributed by atoms with van der Waals surface area (Å²) in [5, 5.41) is 12.8. The van der Waals surface area contributed by atoms with Gasteiger partial charge in [-0.25, -0.2) is 4.39 Å². The van der Waals surface area contributed by atoms with Gasteiger partial charge in [-0.15, -0.1) is 0 Å². The van der Waals surface area contributed by atoms with Crippen molar-refractivity contribution in [2.24, 2.45) is 5.92 Å². The highest BCUT2D eigenvalue weighted by Gasteiger charge is 2.40. The average molecular weight is 302 g/mol. The standard InChI is InChI=1S/C13H17BrFNO/c1-13(8-17,10-3-4-10)16-7-9-2-5-12(15)11(14)6-9/h2,5-6,10,16-17H,3-4,7-8H2,1H3. The molecule has 0 heterocycles. The quantitative estimate of drug-likeness (QED) is 0.876. The predicted molar refractivity (Wildman–Crippen MR) is 69.2 cm³/mol. The van der Waals surface area contributed by atoms with Crippen molar-refractivity contribution in [3.63, 3.8) is 0 Å². The normalized spacial score (nSPS) is 19.1. The molecule has 1 aromatic rings. The first-order valence-corrected chi connectivity index (χ1v) is 6.64. The summed E-state index contributed by atoms with van der Waals surface area (Å²) in [7, 11) is 0. The highest BCUT2D eigenvalue weighted by molar-refractivity contribution is 9.10. The molecule has 0 spiro atoms. The van der Waals surface area contributed by atoms with E-state index in [2.05, 4.69) is 21.2 Å². The zero-order chi connectivity index (χ0) is 12.5. The second-order valence-corrected chi connectivity index (χ2v) is 5.81. The van der Waals surface area contributed by atoms with Crippen molar-refractivity contribution in [3.05, 3.63) is 34.1 Å². The molecule has 1 fully saturated rings. The van der Waals surface area contributed by atoms with E-state index in [1.165, 1.54) is 18.9 Å². The fourth-order valence-electron chi connectivity index (χ4n) is 2.00. The summed E-state index contributed by atoms with van der Waals surface area (Å²) in [6, 6.07) is 4.99. The number of rotatable bonds is 5. The van der Waals surface area contributed by atoms with Crippen LogP contribution in [-0.4, -0.2) is 17.3 Å². The Kier molecular flexibility index (Phi) is 3.85. The summed E-state index contributed by atoms with van der Waals surface area (Å²) < 4.78 is 13.6. The van der Waals surface area contributed by atoms with Crippen LogP contribution in [0.15, 0.2) is 22.7 Å². The Labute approximate surface area is 109 Å². The smallest absolute Gasteiger partial charge is 0.137 e. The van der Waals surface area contributed by atoms with Gasteiger partial charge in [0.1, 0.15) is 5.82 Å². The molecular weight excluding hydrogens is 285 g/mol. The maximum atomic E-state index is 13.1. The van der Waals surface area contributed by atoms with Crippen molar-refractivity contribution >= 4 is 15.9 Å². The number of nitrogens with one attached hydrogen (secondary N) is 1. The lowest BCUT2D eigenvalue weighted by Crippen LogP contribution is -2.47. The molecule has 0 saturated heterocycles. The van der Waals surface area contributed by atoms with Gasteiger partial charge in [-0.05, 0) is 59.3 Å². The van der Waals surface area contributed by atoms with Crippen LogP contribution in [0.5, 0.6) is 0 Å². The van der Waals surface area contributed by atoms with Crippen molar-refractivity contribution in [1.29, 1.82) is 0 Å². The van der Waals surface area contributed by atoms with Crippen LogP contribution in [0.2, 0.25) is 0 Å². The molecule has 94 valence electrons. The van der Waals surface area contributed by atoms with Crippen molar-refractivity contribution < 1.29 is 9.50 Å². The Balaban J connectivity index is 1.98. The number of benzene rings is 1. The molecule has 1 aliphatic rings. The van der Waals surface area contributed by atoms with Gasteiger partial charge >= 0.3 is 0 Å². The van der Waals surface area contributed by atoms with Gasteiger partial charge in [-0.1, -0.05) is 6.07 Å². The van der Waals surface area contributed by atoms with E-state index in [-0.39, 0.29) is 18.0 Å². The van der Waals surface area contributed by atoms with Gasteiger partial charge in [-0.3, -0.25) is 0 Å². The van der Waals surface area contributed by atoms with Crippen LogP contribution in [-0.2, 0) is 6.54 Å². The van der Waals surface area contributed by atoms with Crippen LogP contribution < -0.4 is 5.32 Å². The molecule has 0 bridgehead atoms. The van der Waals surface area contributed by atoms with Crippen LogP contribution in [0, 0.1) is 11.7 Å². The van der Waals surface area contributed by atoms with Gasteiger partial charge < -0.3 is 10.4 Å². The van der Waals surface area contributed by atoms with E-state index >= 15 is 0 Å². The van der Waals surface area contributed by atoms with Gasteiger partial charge in [0.25, 0.3) is 0 Å². The minimum atomic E-state index is -0.249. The lowest BCUT2D eigenvalue weighted by molar-refractivity contribution is 0.153. The zero-order valence-corrected chi connectivity index (χ0v) is 11.4. The molecule has 1 saturated carbocycles. The van der Waals surface area contributed by atoms with Gasteiger partial charge in [0.2, 0.25) is 0 Å². The highest BCUT2D eigenvalue weighted by atomic mass is 79.9. The summed E-state index contributed by atoms with van der Waals surface area (Å²) >= 11 is 3.17. The number of hydrogen-bond acceptors (Lipinski definition) is 2. The van der Waals surface area contributed by atoms with Gasteiger partial charge in [0, 0.05) is 12.1 Å². The van der Waals surface area contributed by atoms with Crippen LogP contribution >= 0.6 is 15.9 Å². The predicted octanol–water partition coefficient (Wildman–Crippen LogP) is 2.84. The Morgan fingerprint density at radius 2 is 2.24 bits per heavy atom. The molecule has 0 radical (unpaired) electrons. The fraction of sp³-hybridized carbons (Fsp3) is 0.538. The second kappa shape index (κ2) is 5.04. The largest absolute Gasteiger partial charge is 0.394 e. The molecule has 0 aromatic heterocycles. The first-order valence-electron chi connectivity index (χ1n) is 5.85. The van der Waals surface area contributed by atoms with Crippen molar-refractivity contribution in [2.75, 3.05) is 6.61 Å². The Hall–Kier alpha value is -0.450. The van der Waals surface area contributed by atoms with E-state index in [1.807, 2.05) is 6.92 Å². The van der Waals surface area contributed by atoms with Gasteiger partial charge in [-0.2, -0.15) is 0 Å². The minimum Gasteiger partial charge on any atom is -0.394 e. The molecule has 4 heteroatoms. The molecule has 2 nitrogen and oxygen atoms in total. The molecule has 2 N–H and O–H groups in total. The number of hydrogen-bond donors (Lipinski definition) is 2. The topological polar surface area (TPSA) is 32.3 Å². The Morgan fingerprint density at radius 3 is 2.76 bits per heavy atom. The first-order chi connectivity index (χ1) is 8.05. The molecule has 17 heavy (non-hydrogen) atoms. The molecule has 0 aliphatic heterocycles. The first kappa shape index (κ1) is 13.0. The number of aliphatic hydroxyl groups excluding tert-OH is 1. The molecule has 1 atom stereocenters. The lowest BCUT2D eigenvalue weighted by Gasteiger charge is -2.29. The van der Waals surface area contributed by atoms with Gasteiger partial charge in [0.15, 0.2) is 0 Å². The number of aliphatic hydroxyl groups is 1. The fourth-order valence-corrected chi connectivity index (χ4v) is 2.43. The zero-order valence-electron chi connectivity index (χ0n) is 9.84. The van der Waals surface area contributed by atoms with Crippen LogP contribution in [0.4, 0.5) is 4.39 Å². The third kappa shape index (κ3) is 3.06. The molecule has 1 unspecified atom stereocenters. The van der Waals surface area contributed by atoms with E-state index in [9.17, 15) is 9.50 Å². The van der Waals surface area contributed by atoms with Crippen molar-refractivity contribution in [2.45, 2.75) is 31.8 Å². The number of halogens is 2. The summed E-state index contributed by atoms with van der Waals surface area (Å²) in [4.78, 5) is 0. The summed E-state index contributed by atoms with van der Waals surface area (Å²) in [5.41, 5.74) is 0.805. The van der Waals surface area contributed by atoms with E-state index in [1.54, 1.807) is 12.1 Å². The molecule has 1 aliphatic carbocycles. The van der Waals surface area contributed by atoms with Crippen LogP contribution in [0.1, 0.15) is 25.3 Å². The summed E-state index contributed by atoms with van der Waals surface area (Å²) in [6.45, 7) is 2.83. The van der Waals surface area contributed by atoms with E-state index < -0.39 is 0 Å². The van der Waals surface area contributed by atoms with Crippen molar-refractivity contribution in [3.8, 4) is 0 Å². The second-order valence-electron chi connectivity index (χ2n) is 4.95. The Morgan fingerprint density at radius 1 is 1.53 bits per heavy atom. The van der Waals surface area contributed by atoms with Crippen LogP contribution in [0.3, 0.4) is 0 Å². The van der Waals surface area contributed by atoms with Crippen LogP contribution in [0.25, 0.3) is 0 Å². The maximum absolute atomic E-state index is 13.1. The highest BCUT2D eigenvalue weighted by Crippen LogP contribution is 2.39. The van der Waals surface area contributed by atoms with E-state index in [4.69, 9.17) is 0 Å². The molecule has 1 aromatic carbocycles. The molecular formula is C13H17BrFNO. The lowest BCUT2D eigenvalue weighted by atomic mass is 9.96. The third-order valence-corrected chi connectivity index (χ3v) is 4.09. The summed E-state index contributed by atoms with van der Waals surface area (Å²) in [5.74, 6) is 0.317. The molecule has 2 rings (SSSR count). The summed E-state index contributed by atoms with van der Waals surface area (Å²) in [6.07, 6.45) is 2.36. The average Bonchev–Trinajstić information content (AvgIpc) is 3.14. The SMILES string of the molecule is CC(CO)(NCc1ccc(F)c(Br)c1)C1CC1.